The zero-order valence-corrected chi connectivity index (χ0v) is 12.1. The molecule has 0 bridgehead atoms. The van der Waals surface area contributed by atoms with Crippen LogP contribution in [0.1, 0.15) is 27.9 Å². The van der Waals surface area contributed by atoms with Gasteiger partial charge in [-0.2, -0.15) is 5.26 Å². The van der Waals surface area contributed by atoms with Crippen LogP contribution in [0.25, 0.3) is 0 Å². The van der Waals surface area contributed by atoms with Gasteiger partial charge in [-0.3, -0.25) is 4.79 Å². The minimum absolute atomic E-state index is 0.111. The number of thiophene rings is 1. The van der Waals surface area contributed by atoms with Gasteiger partial charge in [-0.25, -0.2) is 0 Å². The summed E-state index contributed by atoms with van der Waals surface area (Å²) in [6.45, 7) is 1.77. The molecule has 0 aliphatic heterocycles. The molecule has 1 amide bonds. The molecule has 2 aromatic rings. The van der Waals surface area contributed by atoms with Crippen LogP contribution in [0.5, 0.6) is 0 Å². The number of hydrogen-bond donors (Lipinski definition) is 2. The van der Waals surface area contributed by atoms with Gasteiger partial charge in [0.05, 0.1) is 12.1 Å². The van der Waals surface area contributed by atoms with E-state index >= 15 is 0 Å². The molecule has 2 heterocycles. The number of aliphatic hydroxyl groups is 1. The highest BCUT2D eigenvalue weighted by molar-refractivity contribution is 7.10. The van der Waals surface area contributed by atoms with Gasteiger partial charge in [0, 0.05) is 18.1 Å². The number of hydrogen-bond acceptors (Lipinski definition) is 4. The molecule has 6 heteroatoms. The lowest BCUT2D eigenvalue weighted by atomic mass is 10.1. The van der Waals surface area contributed by atoms with Crippen LogP contribution in [-0.4, -0.2) is 22.1 Å². The molecule has 2 aromatic heterocycles. The van der Waals surface area contributed by atoms with Crippen LogP contribution in [-0.2, 0) is 12.6 Å². The molecular formula is C14H15N3O2S. The first kappa shape index (κ1) is 14.3. The maximum Gasteiger partial charge on any atom is 0.268 e. The Balaban J connectivity index is 2.06. The van der Waals surface area contributed by atoms with E-state index in [1.807, 2.05) is 23.6 Å². The molecule has 20 heavy (non-hydrogen) atoms. The second kappa shape index (κ2) is 5.49. The highest BCUT2D eigenvalue weighted by Crippen LogP contribution is 2.24. The Morgan fingerprint density at radius 3 is 2.95 bits per heavy atom. The Morgan fingerprint density at radius 1 is 1.65 bits per heavy atom. The molecular weight excluding hydrogens is 274 g/mol. The normalized spacial score (nSPS) is 13.5. The predicted molar refractivity (Wildman–Crippen MR) is 76.4 cm³/mol. The largest absolute Gasteiger partial charge is 0.383 e. The van der Waals surface area contributed by atoms with Gasteiger partial charge in [0.15, 0.2) is 0 Å². The van der Waals surface area contributed by atoms with Crippen molar-refractivity contribution in [2.75, 3.05) is 6.54 Å². The average Bonchev–Trinajstić information content (AvgIpc) is 3.05. The third kappa shape index (κ3) is 2.90. The van der Waals surface area contributed by atoms with Gasteiger partial charge >= 0.3 is 0 Å². The Bertz CT molecular complexity index is 651. The Kier molecular flexibility index (Phi) is 3.93. The third-order valence-electron chi connectivity index (χ3n) is 3.01. The van der Waals surface area contributed by atoms with E-state index < -0.39 is 5.60 Å². The monoisotopic (exact) mass is 289 g/mol. The number of aromatic nitrogens is 1. The zero-order valence-electron chi connectivity index (χ0n) is 11.3. The van der Waals surface area contributed by atoms with Crippen LogP contribution < -0.4 is 5.32 Å². The van der Waals surface area contributed by atoms with Crippen molar-refractivity contribution in [3.8, 4) is 6.07 Å². The number of rotatable bonds is 4. The van der Waals surface area contributed by atoms with Crippen molar-refractivity contribution in [2.24, 2.45) is 7.05 Å². The Morgan fingerprint density at radius 2 is 2.40 bits per heavy atom. The van der Waals surface area contributed by atoms with Crippen molar-refractivity contribution in [1.82, 2.24) is 9.88 Å². The summed E-state index contributed by atoms with van der Waals surface area (Å²) in [5, 5.41) is 23.7. The molecule has 2 rings (SSSR count). The van der Waals surface area contributed by atoms with Crippen molar-refractivity contribution in [1.29, 1.82) is 5.26 Å². The molecule has 104 valence electrons. The van der Waals surface area contributed by atoms with Crippen molar-refractivity contribution < 1.29 is 9.90 Å². The minimum atomic E-state index is -1.10. The number of nitriles is 1. The van der Waals surface area contributed by atoms with Crippen LogP contribution >= 0.6 is 11.3 Å². The van der Waals surface area contributed by atoms with Crippen molar-refractivity contribution >= 4 is 17.2 Å². The van der Waals surface area contributed by atoms with Crippen LogP contribution in [0, 0.1) is 11.3 Å². The first-order valence-corrected chi connectivity index (χ1v) is 6.93. The standard InChI is InChI=1S/C14H15N3O2S/c1-14(19,12-4-3-5-20-12)9-16-13(18)11-6-10(7-15)8-17(11)2/h3-6,8,19H,9H2,1-2H3,(H,16,18). The van der Waals surface area contributed by atoms with Crippen LogP contribution in [0.4, 0.5) is 0 Å². The van der Waals surface area contributed by atoms with Crippen LogP contribution in [0.3, 0.4) is 0 Å². The molecule has 0 spiro atoms. The molecule has 0 aromatic carbocycles. The molecule has 5 nitrogen and oxygen atoms in total. The topological polar surface area (TPSA) is 78.0 Å². The summed E-state index contributed by atoms with van der Waals surface area (Å²) in [5.74, 6) is -0.314. The number of carbonyl (C=O) groups excluding carboxylic acids is 1. The van der Waals surface area contributed by atoms with E-state index in [4.69, 9.17) is 5.26 Å². The molecule has 0 fully saturated rings. The molecule has 0 aliphatic rings. The Labute approximate surface area is 121 Å². The van der Waals surface area contributed by atoms with Gasteiger partial charge in [-0.15, -0.1) is 11.3 Å². The van der Waals surface area contributed by atoms with E-state index in [2.05, 4.69) is 5.32 Å². The summed E-state index contributed by atoms with van der Waals surface area (Å²) in [5.41, 5.74) is -0.279. The summed E-state index contributed by atoms with van der Waals surface area (Å²) < 4.78 is 1.59. The number of amides is 1. The second-order valence-corrected chi connectivity index (χ2v) is 5.72. The molecule has 1 unspecified atom stereocenters. The second-order valence-electron chi connectivity index (χ2n) is 4.77. The average molecular weight is 289 g/mol. The number of carbonyl (C=O) groups is 1. The number of nitrogens with zero attached hydrogens (tertiary/aromatic N) is 2. The van der Waals surface area contributed by atoms with E-state index in [-0.39, 0.29) is 12.5 Å². The summed E-state index contributed by atoms with van der Waals surface area (Å²) >= 11 is 1.44. The number of nitrogens with one attached hydrogen (secondary N) is 1. The quantitative estimate of drug-likeness (QED) is 0.897. The minimum Gasteiger partial charge on any atom is -0.383 e. The molecule has 0 radical (unpaired) electrons. The van der Waals surface area contributed by atoms with Crippen molar-refractivity contribution in [3.05, 3.63) is 45.9 Å². The highest BCUT2D eigenvalue weighted by Gasteiger charge is 2.25. The highest BCUT2D eigenvalue weighted by atomic mass is 32.1. The van der Waals surface area contributed by atoms with Gasteiger partial charge in [-0.05, 0) is 24.4 Å². The van der Waals surface area contributed by atoms with E-state index in [1.54, 1.807) is 24.7 Å². The maximum absolute atomic E-state index is 12.1. The van der Waals surface area contributed by atoms with Crippen molar-refractivity contribution in [3.63, 3.8) is 0 Å². The lowest BCUT2D eigenvalue weighted by Gasteiger charge is -2.22. The zero-order chi connectivity index (χ0) is 14.8. The van der Waals surface area contributed by atoms with E-state index in [1.165, 1.54) is 17.4 Å². The first-order chi connectivity index (χ1) is 9.44. The summed E-state index contributed by atoms with van der Waals surface area (Å²) in [7, 11) is 1.70. The van der Waals surface area contributed by atoms with E-state index in [0.29, 0.717) is 11.3 Å². The SMILES string of the molecule is Cn1cc(C#N)cc1C(=O)NCC(C)(O)c1cccs1. The smallest absolute Gasteiger partial charge is 0.268 e. The van der Waals surface area contributed by atoms with Crippen LogP contribution in [0.2, 0.25) is 0 Å². The number of aryl methyl sites for hydroxylation is 1. The predicted octanol–water partition coefficient (Wildman–Crippen LogP) is 1.60. The first-order valence-electron chi connectivity index (χ1n) is 6.05. The van der Waals surface area contributed by atoms with E-state index in [0.717, 1.165) is 4.88 Å². The molecule has 2 N–H and O–H groups in total. The van der Waals surface area contributed by atoms with Crippen LogP contribution in [0.15, 0.2) is 29.8 Å². The lowest BCUT2D eigenvalue weighted by Crippen LogP contribution is -2.38. The van der Waals surface area contributed by atoms with Gasteiger partial charge in [0.25, 0.3) is 5.91 Å². The van der Waals surface area contributed by atoms with Crippen molar-refractivity contribution in [2.45, 2.75) is 12.5 Å². The van der Waals surface area contributed by atoms with E-state index in [9.17, 15) is 9.90 Å². The Hall–Kier alpha value is -2.10. The fourth-order valence-corrected chi connectivity index (χ4v) is 2.65. The molecule has 0 saturated heterocycles. The van der Waals surface area contributed by atoms with Gasteiger partial charge < -0.3 is 15.0 Å². The van der Waals surface area contributed by atoms with Gasteiger partial charge in [0.2, 0.25) is 0 Å². The maximum atomic E-state index is 12.1. The summed E-state index contributed by atoms with van der Waals surface area (Å²) in [6.07, 6.45) is 1.59. The summed E-state index contributed by atoms with van der Waals surface area (Å²) in [4.78, 5) is 12.9. The van der Waals surface area contributed by atoms with Gasteiger partial charge in [-0.1, -0.05) is 6.07 Å². The lowest BCUT2D eigenvalue weighted by molar-refractivity contribution is 0.0554. The molecule has 0 aliphatic carbocycles. The molecule has 1 atom stereocenters. The molecule has 0 saturated carbocycles. The fourth-order valence-electron chi connectivity index (χ4n) is 1.87. The third-order valence-corrected chi connectivity index (χ3v) is 4.13. The fraction of sp³-hybridized carbons (Fsp3) is 0.286. The summed E-state index contributed by atoms with van der Waals surface area (Å²) in [6, 6.07) is 7.19. The van der Waals surface area contributed by atoms with Gasteiger partial charge in [0.1, 0.15) is 17.4 Å².